The molecule has 1 aliphatic rings. The molecule has 2 heterocycles. The molecule has 0 bridgehead atoms. The lowest BCUT2D eigenvalue weighted by Crippen LogP contribution is -2.44. The Hall–Kier alpha value is -2.56. The summed E-state index contributed by atoms with van der Waals surface area (Å²) in [7, 11) is 0. The lowest BCUT2D eigenvalue weighted by molar-refractivity contribution is 0.269. The van der Waals surface area contributed by atoms with Crippen LogP contribution in [0.25, 0.3) is 0 Å². The minimum atomic E-state index is 0.285. The van der Waals surface area contributed by atoms with Gasteiger partial charge in [0.05, 0.1) is 18.8 Å². The second-order valence-corrected chi connectivity index (χ2v) is 5.58. The van der Waals surface area contributed by atoms with Crippen LogP contribution in [-0.2, 0) is 0 Å². The Kier molecular flexibility index (Phi) is 4.76. The third kappa shape index (κ3) is 3.80. The van der Waals surface area contributed by atoms with Gasteiger partial charge in [-0.2, -0.15) is 5.10 Å². The van der Waals surface area contributed by atoms with E-state index in [1.807, 2.05) is 36.5 Å². The van der Waals surface area contributed by atoms with E-state index in [9.17, 15) is 5.11 Å². The number of hydrazone groups is 1. The third-order valence-electron chi connectivity index (χ3n) is 4.03. The number of pyridine rings is 1. The van der Waals surface area contributed by atoms with Gasteiger partial charge in [-0.25, -0.2) is 4.98 Å². The van der Waals surface area contributed by atoms with E-state index in [4.69, 9.17) is 5.10 Å². The van der Waals surface area contributed by atoms with Crippen LogP contribution in [0.3, 0.4) is 0 Å². The van der Waals surface area contributed by atoms with E-state index in [0.717, 1.165) is 49.7 Å². The first-order valence-electron chi connectivity index (χ1n) is 8.04. The number of hydrogen-bond acceptors (Lipinski definition) is 5. The van der Waals surface area contributed by atoms with Crippen LogP contribution in [0.2, 0.25) is 0 Å². The van der Waals surface area contributed by atoms with Crippen molar-refractivity contribution in [3.63, 3.8) is 0 Å². The zero-order chi connectivity index (χ0) is 16.1. The molecule has 0 spiro atoms. The fourth-order valence-electron chi connectivity index (χ4n) is 2.72. The molecule has 1 aromatic carbocycles. The summed E-state index contributed by atoms with van der Waals surface area (Å²) >= 11 is 0. The minimum absolute atomic E-state index is 0.285. The second-order valence-electron chi connectivity index (χ2n) is 5.58. The van der Waals surface area contributed by atoms with E-state index < -0.39 is 0 Å². The van der Waals surface area contributed by atoms with Crippen LogP contribution in [0.15, 0.2) is 53.8 Å². The van der Waals surface area contributed by atoms with Gasteiger partial charge in [0.2, 0.25) is 0 Å². The maximum absolute atomic E-state index is 9.41. The molecule has 1 aliphatic heterocycles. The number of phenolic OH excluding ortho intramolecular Hbond substituents is 1. The van der Waals surface area contributed by atoms with E-state index in [1.54, 1.807) is 12.1 Å². The van der Waals surface area contributed by atoms with Gasteiger partial charge < -0.3 is 10.0 Å². The van der Waals surface area contributed by atoms with Gasteiger partial charge in [0.1, 0.15) is 11.6 Å². The highest BCUT2D eigenvalue weighted by Gasteiger charge is 2.17. The number of aromatic nitrogens is 1. The first kappa shape index (κ1) is 15.3. The molecule has 5 nitrogen and oxygen atoms in total. The first-order valence-corrected chi connectivity index (χ1v) is 8.04. The summed E-state index contributed by atoms with van der Waals surface area (Å²) in [6.07, 6.45) is 2.70. The van der Waals surface area contributed by atoms with E-state index in [-0.39, 0.29) is 5.75 Å². The molecule has 0 atom stereocenters. The van der Waals surface area contributed by atoms with Crippen molar-refractivity contribution in [2.24, 2.45) is 5.10 Å². The van der Waals surface area contributed by atoms with E-state index >= 15 is 0 Å². The summed E-state index contributed by atoms with van der Waals surface area (Å²) in [5, 5.41) is 16.3. The highest BCUT2D eigenvalue weighted by Crippen LogP contribution is 2.15. The van der Waals surface area contributed by atoms with Crippen LogP contribution >= 0.6 is 0 Å². The zero-order valence-electron chi connectivity index (χ0n) is 13.4. The summed E-state index contributed by atoms with van der Waals surface area (Å²) in [5.74, 6) is 1.32. The molecule has 5 heteroatoms. The molecule has 1 N–H and O–H groups in total. The van der Waals surface area contributed by atoms with Crippen molar-refractivity contribution < 1.29 is 5.11 Å². The molecular weight excluding hydrogens is 288 g/mol. The molecule has 23 heavy (non-hydrogen) atoms. The summed E-state index contributed by atoms with van der Waals surface area (Å²) in [4.78, 5) is 6.70. The zero-order valence-corrected chi connectivity index (χ0v) is 13.4. The fourth-order valence-corrected chi connectivity index (χ4v) is 2.72. The Labute approximate surface area is 136 Å². The van der Waals surface area contributed by atoms with Crippen molar-refractivity contribution in [2.45, 2.75) is 13.3 Å². The van der Waals surface area contributed by atoms with Crippen molar-refractivity contribution in [3.05, 3.63) is 54.2 Å². The van der Waals surface area contributed by atoms with E-state index in [2.05, 4.69) is 21.8 Å². The topological polar surface area (TPSA) is 52.0 Å². The largest absolute Gasteiger partial charge is 0.508 e. The maximum atomic E-state index is 9.41. The molecule has 1 fully saturated rings. The molecule has 0 unspecified atom stereocenters. The fraction of sp³-hybridized carbons (Fsp3) is 0.333. The van der Waals surface area contributed by atoms with E-state index in [1.165, 1.54) is 0 Å². The van der Waals surface area contributed by atoms with Crippen molar-refractivity contribution in [2.75, 3.05) is 31.1 Å². The summed E-state index contributed by atoms with van der Waals surface area (Å²) in [6.45, 7) is 5.73. The normalized spacial score (nSPS) is 15.8. The molecule has 0 aliphatic carbocycles. The van der Waals surface area contributed by atoms with Gasteiger partial charge >= 0.3 is 0 Å². The lowest BCUT2D eigenvalue weighted by Gasteiger charge is -2.34. The Morgan fingerprint density at radius 3 is 2.43 bits per heavy atom. The van der Waals surface area contributed by atoms with Crippen LogP contribution < -0.4 is 4.90 Å². The summed E-state index contributed by atoms with van der Waals surface area (Å²) < 4.78 is 0. The van der Waals surface area contributed by atoms with Gasteiger partial charge in [-0.1, -0.05) is 13.0 Å². The molecule has 1 saturated heterocycles. The Balaban J connectivity index is 1.65. The number of rotatable bonds is 4. The second kappa shape index (κ2) is 7.13. The number of phenols is 1. The van der Waals surface area contributed by atoms with Crippen LogP contribution in [0.4, 0.5) is 5.82 Å². The average Bonchev–Trinajstić information content (AvgIpc) is 2.62. The quantitative estimate of drug-likeness (QED) is 0.882. The van der Waals surface area contributed by atoms with E-state index in [0.29, 0.717) is 0 Å². The van der Waals surface area contributed by atoms with Gasteiger partial charge in [0.15, 0.2) is 0 Å². The monoisotopic (exact) mass is 310 g/mol. The molecular formula is C18H22N4O. The molecule has 0 radical (unpaired) electrons. The highest BCUT2D eigenvalue weighted by atomic mass is 16.3. The van der Waals surface area contributed by atoms with Crippen molar-refractivity contribution >= 4 is 11.5 Å². The number of hydrogen-bond donors (Lipinski definition) is 1. The average molecular weight is 310 g/mol. The first-order chi connectivity index (χ1) is 11.3. The minimum Gasteiger partial charge on any atom is -0.508 e. The van der Waals surface area contributed by atoms with Crippen molar-refractivity contribution in [1.82, 2.24) is 9.99 Å². The maximum Gasteiger partial charge on any atom is 0.128 e. The smallest absolute Gasteiger partial charge is 0.128 e. The van der Waals surface area contributed by atoms with Crippen LogP contribution in [0.5, 0.6) is 5.75 Å². The predicted octanol–water partition coefficient (Wildman–Crippen LogP) is 2.72. The molecule has 1 aromatic heterocycles. The number of anilines is 1. The van der Waals surface area contributed by atoms with Crippen LogP contribution in [0, 0.1) is 0 Å². The van der Waals surface area contributed by atoms with Gasteiger partial charge in [0, 0.05) is 19.3 Å². The molecule has 3 rings (SSSR count). The van der Waals surface area contributed by atoms with Gasteiger partial charge in [-0.05, 0) is 48.4 Å². The highest BCUT2D eigenvalue weighted by molar-refractivity contribution is 6.00. The third-order valence-corrected chi connectivity index (χ3v) is 4.03. The van der Waals surface area contributed by atoms with Crippen LogP contribution in [-0.4, -0.2) is 47.0 Å². The number of nitrogens with zero attached hydrogens (tertiary/aromatic N) is 4. The molecule has 120 valence electrons. The molecule has 0 saturated carbocycles. The predicted molar refractivity (Wildman–Crippen MR) is 93.0 cm³/mol. The Bertz CT molecular complexity index is 646. The van der Waals surface area contributed by atoms with Crippen molar-refractivity contribution in [1.29, 1.82) is 0 Å². The van der Waals surface area contributed by atoms with Gasteiger partial charge in [-0.3, -0.25) is 5.01 Å². The summed E-state index contributed by atoms with van der Waals surface area (Å²) in [5.41, 5.74) is 2.12. The number of benzene rings is 1. The molecule has 0 amide bonds. The standard InChI is InChI=1S/C18H22N4O/c1-2-17(15-6-8-16(23)9-7-15)20-22-13-11-21(12-14-22)18-5-3-4-10-19-18/h3-10,23H,2,11-14H2,1H3. The number of piperazine rings is 1. The van der Waals surface area contributed by atoms with Gasteiger partial charge in [-0.15, -0.1) is 0 Å². The molecule has 2 aromatic rings. The Morgan fingerprint density at radius 1 is 1.09 bits per heavy atom. The van der Waals surface area contributed by atoms with Crippen LogP contribution in [0.1, 0.15) is 18.9 Å². The number of aromatic hydroxyl groups is 1. The Morgan fingerprint density at radius 2 is 1.83 bits per heavy atom. The summed E-state index contributed by atoms with van der Waals surface area (Å²) in [6, 6.07) is 13.3. The van der Waals surface area contributed by atoms with Gasteiger partial charge in [0.25, 0.3) is 0 Å². The lowest BCUT2D eigenvalue weighted by atomic mass is 10.1. The SMILES string of the molecule is CCC(=NN1CCN(c2ccccn2)CC1)c1ccc(O)cc1. The van der Waals surface area contributed by atoms with Crippen molar-refractivity contribution in [3.8, 4) is 5.75 Å².